The summed E-state index contributed by atoms with van der Waals surface area (Å²) >= 11 is 2.31. The van der Waals surface area contributed by atoms with Crippen molar-refractivity contribution in [3.63, 3.8) is 0 Å². The number of benzene rings is 6. The minimum absolute atomic E-state index is 0.0483. The van der Waals surface area contributed by atoms with Crippen LogP contribution >= 0.6 is 0 Å². The molecule has 6 nitrogen and oxygen atoms in total. The van der Waals surface area contributed by atoms with Gasteiger partial charge in [0.05, 0.1) is 17.2 Å². The van der Waals surface area contributed by atoms with Crippen molar-refractivity contribution in [3.8, 4) is 28.0 Å². The molecule has 0 spiro atoms. The van der Waals surface area contributed by atoms with Gasteiger partial charge >= 0.3 is 31.5 Å². The second-order valence-corrected chi connectivity index (χ2v) is 12.6. The Kier molecular flexibility index (Phi) is 15.3. The molecule has 0 aromatic heterocycles. The Bertz CT molecular complexity index is 2040. The fourth-order valence-corrected chi connectivity index (χ4v) is 5.24. The zero-order valence-electron chi connectivity index (χ0n) is 30.0. The van der Waals surface area contributed by atoms with Crippen LogP contribution in [0, 0.1) is 18.1 Å². The summed E-state index contributed by atoms with van der Waals surface area (Å²) in [5.74, 6) is -0.0298. The Balaban J connectivity index is 0.000000276. The fourth-order valence-electron chi connectivity index (χ4n) is 5.24. The molecule has 7 heteroatoms. The van der Waals surface area contributed by atoms with E-state index in [4.69, 9.17) is 13.3 Å². The molecule has 0 N–H and O–H groups in total. The van der Waals surface area contributed by atoms with Crippen LogP contribution in [0.1, 0.15) is 69.9 Å². The Morgan fingerprint density at radius 3 is 1.40 bits per heavy atom. The third-order valence-corrected chi connectivity index (χ3v) is 7.99. The Labute approximate surface area is 319 Å². The summed E-state index contributed by atoms with van der Waals surface area (Å²) in [6.45, 7) is 7.48. The standard InChI is InChI=1S/C30H25O4.C16H15O.Co.O/c1-21(2)33-29(31)27-14-12-24(13-15-27)25-16-18-28(19-17-25)34-30(32)26-10-8-23(9-11-26)20-22-6-4-3-5-7-22;1-12(2)16(17)15-10-8-14(9-11-15)13-6-4-3-5-7-13;;/h4-19,21H,20H2,1-2H3;4-12H,1-2H3;;/q2*-1;;. The van der Waals surface area contributed by atoms with Gasteiger partial charge < -0.3 is 9.47 Å². The van der Waals surface area contributed by atoms with E-state index in [9.17, 15) is 14.4 Å². The SMILES string of the molecule is CC(C)C(=O)c1ccc(-c2cc[c-]cc2)cc1.CC(C)OC(=O)c1ccc(-c2ccc(OC(=O)c3ccc(Cc4cc[c-]cc4)cc3)cc2)cc1.[O]=[Co]. The van der Waals surface area contributed by atoms with E-state index in [0.717, 1.165) is 39.8 Å². The summed E-state index contributed by atoms with van der Waals surface area (Å²) in [5, 5.41) is 0. The van der Waals surface area contributed by atoms with Gasteiger partial charge in [-0.25, -0.2) is 9.59 Å². The molecule has 0 aliphatic heterocycles. The van der Waals surface area contributed by atoms with Crippen LogP contribution in [0.3, 0.4) is 0 Å². The average Bonchev–Trinajstić information content (AvgIpc) is 3.20. The molecule has 53 heavy (non-hydrogen) atoms. The summed E-state index contributed by atoms with van der Waals surface area (Å²) in [6, 6.07) is 51.4. The summed E-state index contributed by atoms with van der Waals surface area (Å²) in [4.78, 5) is 36.3. The first kappa shape index (κ1) is 40.0. The summed E-state index contributed by atoms with van der Waals surface area (Å²) in [6.07, 6.45) is 0.638. The third-order valence-electron chi connectivity index (χ3n) is 7.99. The van der Waals surface area contributed by atoms with E-state index in [0.29, 0.717) is 16.9 Å². The molecular weight excluding hydrogens is 707 g/mol. The first-order valence-electron chi connectivity index (χ1n) is 17.1. The van der Waals surface area contributed by atoms with Crippen molar-refractivity contribution >= 4 is 17.7 Å². The van der Waals surface area contributed by atoms with E-state index in [1.165, 1.54) is 5.56 Å². The van der Waals surface area contributed by atoms with Crippen molar-refractivity contribution in [3.05, 3.63) is 186 Å². The number of esters is 2. The predicted molar refractivity (Wildman–Crippen MR) is 202 cm³/mol. The first-order valence-corrected chi connectivity index (χ1v) is 17.5. The van der Waals surface area contributed by atoms with Crippen LogP contribution < -0.4 is 4.74 Å². The van der Waals surface area contributed by atoms with Crippen LogP contribution in [-0.2, 0) is 30.7 Å². The minimum atomic E-state index is -0.401. The topological polar surface area (TPSA) is 86.7 Å². The van der Waals surface area contributed by atoms with Crippen molar-refractivity contribution in [1.82, 2.24) is 0 Å². The zero-order chi connectivity index (χ0) is 38.2. The second kappa shape index (κ2) is 20.3. The molecule has 0 radical (unpaired) electrons. The maximum atomic E-state index is 12.5. The second-order valence-electron chi connectivity index (χ2n) is 12.6. The number of hydrogen-bond acceptors (Lipinski definition) is 6. The molecule has 0 atom stereocenters. The van der Waals surface area contributed by atoms with Crippen molar-refractivity contribution < 1.29 is 43.4 Å². The van der Waals surface area contributed by atoms with E-state index >= 15 is 0 Å². The molecule has 6 aromatic carbocycles. The van der Waals surface area contributed by atoms with Gasteiger partial charge in [0.25, 0.3) is 0 Å². The number of carbonyl (C=O) groups is 3. The van der Waals surface area contributed by atoms with Crippen LogP contribution in [0.25, 0.3) is 22.3 Å². The molecule has 0 aliphatic rings. The van der Waals surface area contributed by atoms with Crippen LogP contribution in [0.4, 0.5) is 0 Å². The molecule has 0 amide bonds. The number of Topliss-reactive ketones (excluding diaryl/α,β-unsaturated/α-hetero) is 1. The van der Waals surface area contributed by atoms with Crippen LogP contribution in [0.5, 0.6) is 5.75 Å². The van der Waals surface area contributed by atoms with E-state index < -0.39 is 5.97 Å². The third kappa shape index (κ3) is 12.2. The Morgan fingerprint density at radius 1 is 0.509 bits per heavy atom. The van der Waals surface area contributed by atoms with Crippen LogP contribution in [0.15, 0.2) is 146 Å². The zero-order valence-corrected chi connectivity index (χ0v) is 31.0. The van der Waals surface area contributed by atoms with Crippen LogP contribution in [-0.4, -0.2) is 23.8 Å². The molecule has 0 heterocycles. The molecule has 0 fully saturated rings. The molecule has 0 saturated carbocycles. The van der Waals surface area contributed by atoms with Crippen molar-refractivity contribution in [2.45, 2.75) is 40.2 Å². The van der Waals surface area contributed by atoms with E-state index in [-0.39, 0.29) is 23.8 Å². The average molecular weight is 748 g/mol. The van der Waals surface area contributed by atoms with E-state index in [1.54, 1.807) is 36.4 Å². The van der Waals surface area contributed by atoms with E-state index in [1.807, 2.05) is 137 Å². The molecular formula is C46H40CoO6-2. The maximum absolute atomic E-state index is 12.5. The van der Waals surface area contributed by atoms with Gasteiger partial charge in [-0.3, -0.25) is 4.79 Å². The summed E-state index contributed by atoms with van der Waals surface area (Å²) < 4.78 is 18.7. The fraction of sp³-hybridized carbons (Fsp3) is 0.152. The van der Waals surface area contributed by atoms with Gasteiger partial charge in [-0.1, -0.05) is 74.5 Å². The molecule has 6 rings (SSSR count). The Morgan fingerprint density at radius 2 is 0.906 bits per heavy atom. The van der Waals surface area contributed by atoms with Gasteiger partial charge in [-0.05, 0) is 78.9 Å². The number of rotatable bonds is 10. The molecule has 0 bridgehead atoms. The first-order chi connectivity index (χ1) is 25.7. The van der Waals surface area contributed by atoms with Gasteiger partial charge in [0.1, 0.15) is 5.75 Å². The van der Waals surface area contributed by atoms with Crippen molar-refractivity contribution in [2.75, 3.05) is 0 Å². The van der Waals surface area contributed by atoms with E-state index in [2.05, 4.69) is 27.8 Å². The van der Waals surface area contributed by atoms with Gasteiger partial charge in [0.15, 0.2) is 5.78 Å². The van der Waals surface area contributed by atoms with Gasteiger partial charge in [0.2, 0.25) is 0 Å². The summed E-state index contributed by atoms with van der Waals surface area (Å²) in [7, 11) is 0. The molecule has 0 unspecified atom stereocenters. The molecule has 6 aromatic rings. The van der Waals surface area contributed by atoms with Gasteiger partial charge in [0, 0.05) is 11.5 Å². The Hall–Kier alpha value is -5.76. The molecule has 271 valence electrons. The van der Waals surface area contributed by atoms with Gasteiger partial charge in [-0.2, -0.15) is 66.2 Å². The number of ether oxygens (including phenoxy) is 2. The summed E-state index contributed by atoms with van der Waals surface area (Å²) in [5.41, 5.74) is 8.28. The number of ketones is 1. The number of hydrogen-bond donors (Lipinski definition) is 0. The van der Waals surface area contributed by atoms with Crippen molar-refractivity contribution in [2.24, 2.45) is 5.92 Å². The normalized spacial score (nSPS) is 10.3. The quantitative estimate of drug-likeness (QED) is 0.0600. The van der Waals surface area contributed by atoms with Crippen molar-refractivity contribution in [1.29, 1.82) is 0 Å². The number of carbonyl (C=O) groups excluding carboxylic acids is 3. The van der Waals surface area contributed by atoms with Gasteiger partial charge in [-0.15, -0.1) is 5.56 Å². The predicted octanol–water partition coefficient (Wildman–Crippen LogP) is 10.4. The molecule has 0 aliphatic carbocycles. The van der Waals surface area contributed by atoms with Crippen LogP contribution in [0.2, 0.25) is 0 Å². The molecule has 0 saturated heterocycles. The monoisotopic (exact) mass is 747 g/mol.